The first-order valence-corrected chi connectivity index (χ1v) is 27.8. The summed E-state index contributed by atoms with van der Waals surface area (Å²) in [6.07, 6.45) is -17.3. The van der Waals surface area contributed by atoms with Crippen molar-refractivity contribution in [2.75, 3.05) is 19.8 Å². The number of fused-ring (bicyclic) bond motifs is 1. The van der Waals surface area contributed by atoms with Crippen molar-refractivity contribution in [1.29, 1.82) is 0 Å². The molecule has 0 aliphatic carbocycles. The molecule has 30 heteroatoms. The summed E-state index contributed by atoms with van der Waals surface area (Å²) < 4.78 is 23.7. The van der Waals surface area contributed by atoms with Crippen LogP contribution >= 0.6 is 0 Å². The van der Waals surface area contributed by atoms with Gasteiger partial charge in [-0.3, -0.25) is 47.9 Å². The molecule has 466 valence electrons. The molecule has 4 aliphatic rings. The van der Waals surface area contributed by atoms with Crippen molar-refractivity contribution in [2.45, 2.75) is 225 Å². The summed E-state index contributed by atoms with van der Waals surface area (Å²) in [5, 5.41) is 86.8. The Balaban J connectivity index is 1.79. The van der Waals surface area contributed by atoms with E-state index in [9.17, 15) is 78.6 Å². The number of amides is 10. The molecule has 4 rings (SSSR count). The van der Waals surface area contributed by atoms with Crippen LogP contribution in [-0.4, -0.2) is 236 Å². The van der Waals surface area contributed by atoms with Gasteiger partial charge in [-0.15, -0.1) is 0 Å². The quantitative estimate of drug-likeness (QED) is 0.0864. The highest BCUT2D eigenvalue weighted by Gasteiger charge is 2.53. The number of nitrogens with one attached hydrogen (secondary N) is 9. The maximum atomic E-state index is 14.9. The van der Waals surface area contributed by atoms with Crippen molar-refractivity contribution in [3.63, 3.8) is 0 Å². The molecule has 0 aromatic carbocycles. The predicted octanol–water partition coefficient (Wildman–Crippen LogP) is -6.27. The third kappa shape index (κ3) is 17.2. The minimum atomic E-state index is -2.01. The van der Waals surface area contributed by atoms with Gasteiger partial charge in [0.2, 0.25) is 59.1 Å². The Morgan fingerprint density at radius 3 is 1.40 bits per heavy atom. The molecule has 4 fully saturated rings. The van der Waals surface area contributed by atoms with Crippen LogP contribution in [0.5, 0.6) is 0 Å². The van der Waals surface area contributed by atoms with Crippen molar-refractivity contribution >= 4 is 59.1 Å². The average molecular weight is 1170 g/mol. The number of carbonyl (C=O) groups is 10. The number of aliphatic hydroxyl groups is 6. The summed E-state index contributed by atoms with van der Waals surface area (Å²) >= 11 is 0. The van der Waals surface area contributed by atoms with E-state index in [0.29, 0.717) is 6.42 Å². The third-order valence-corrected chi connectivity index (χ3v) is 14.8. The minimum absolute atomic E-state index is 0.0405. The summed E-state index contributed by atoms with van der Waals surface area (Å²) in [5.41, 5.74) is 0. The van der Waals surface area contributed by atoms with Crippen LogP contribution in [0.15, 0.2) is 0 Å². The van der Waals surface area contributed by atoms with Gasteiger partial charge >= 0.3 is 0 Å². The van der Waals surface area contributed by atoms with E-state index in [-0.39, 0.29) is 13.0 Å². The molecule has 20 atom stereocenters. The molecule has 30 nitrogen and oxygen atoms in total. The van der Waals surface area contributed by atoms with Crippen molar-refractivity contribution < 1.29 is 97.5 Å². The first-order valence-electron chi connectivity index (χ1n) is 27.8. The van der Waals surface area contributed by atoms with E-state index < -0.39 is 218 Å². The van der Waals surface area contributed by atoms with Gasteiger partial charge in [0.1, 0.15) is 103 Å². The molecule has 82 heavy (non-hydrogen) atoms. The first kappa shape index (κ1) is 68.8. The molecule has 0 spiro atoms. The monoisotopic (exact) mass is 1170 g/mol. The van der Waals surface area contributed by atoms with Gasteiger partial charge in [-0.25, -0.2) is 0 Å². The number of hydrogen-bond donors (Lipinski definition) is 15. The Bertz CT molecular complexity index is 2280. The Hall–Kier alpha value is -5.70. The van der Waals surface area contributed by atoms with E-state index in [0.717, 1.165) is 6.92 Å². The number of ether oxygens (including phenoxy) is 4. The van der Waals surface area contributed by atoms with Crippen LogP contribution in [0.4, 0.5) is 0 Å². The van der Waals surface area contributed by atoms with Crippen molar-refractivity contribution in [3.8, 4) is 0 Å². The van der Waals surface area contributed by atoms with E-state index in [1.54, 1.807) is 55.4 Å². The molecule has 4 saturated heterocycles. The van der Waals surface area contributed by atoms with E-state index >= 15 is 0 Å². The fourth-order valence-corrected chi connectivity index (χ4v) is 9.79. The number of rotatable bonds is 12. The lowest BCUT2D eigenvalue weighted by Crippen LogP contribution is -2.69. The lowest BCUT2D eigenvalue weighted by Gasteiger charge is -2.48. The first-order chi connectivity index (χ1) is 38.3. The van der Waals surface area contributed by atoms with Crippen molar-refractivity contribution in [3.05, 3.63) is 0 Å². The molecule has 0 unspecified atom stereocenters. The maximum absolute atomic E-state index is 14.9. The molecule has 0 bridgehead atoms. The van der Waals surface area contributed by atoms with E-state index in [1.807, 2.05) is 0 Å². The van der Waals surface area contributed by atoms with Crippen molar-refractivity contribution in [1.82, 2.24) is 52.8 Å². The second-order valence-electron chi connectivity index (χ2n) is 22.9. The second-order valence-corrected chi connectivity index (χ2v) is 22.9. The second kappa shape index (κ2) is 30.2. The molecule has 0 aromatic rings. The SMILES string of the molecule is CC(=O)N[C@H]1[C@@H](O[C@H](C)[C@@H]2NC(=O)[C@H](C)NC(=O)[C@H](C(C)C)NC(=O)[C@H](C(C)C)NC(=O)[C@H](C(C)C)NC(=O)[C@H](C)NC(=O)[C@H](C)NC(=O)[C@@H]3CCCN3C(=O)[C@H](C(C)C)NC2=O)O[C@H](CO)[C@H](O)[C@@H]1O[C@@H]1O[C@H](CO)[C@H](O)[C@H](O)[C@H]1O. The lowest BCUT2D eigenvalue weighted by atomic mass is 9.95. The van der Waals surface area contributed by atoms with Gasteiger partial charge in [0, 0.05) is 13.5 Å². The van der Waals surface area contributed by atoms with Crippen molar-refractivity contribution in [2.24, 2.45) is 23.7 Å². The molecule has 4 aliphatic heterocycles. The number of hydrogen-bond acceptors (Lipinski definition) is 20. The normalized spacial score (nSPS) is 36.3. The summed E-state index contributed by atoms with van der Waals surface area (Å²) in [6, 6.07) is -13.9. The highest BCUT2D eigenvalue weighted by Crippen LogP contribution is 2.31. The van der Waals surface area contributed by atoms with Gasteiger partial charge in [0.05, 0.1) is 19.3 Å². The average Bonchev–Trinajstić information content (AvgIpc) is 3.88. The lowest BCUT2D eigenvalue weighted by molar-refractivity contribution is -0.347. The summed E-state index contributed by atoms with van der Waals surface area (Å²) in [6.45, 7) is 17.5. The topological polar surface area (TPSA) is 441 Å². The fourth-order valence-electron chi connectivity index (χ4n) is 9.79. The van der Waals surface area contributed by atoms with E-state index in [1.165, 1.54) is 32.6 Å². The van der Waals surface area contributed by atoms with Gasteiger partial charge in [0.25, 0.3) is 0 Å². The standard InChI is InChI=1S/C52H88N10O20/c1-19(2)31-46(74)55-25(11)44(72)61-35(26(12)79-51-36(56-27(13)65)41(38(67)30(18-64)80-51)82-52-40(69)39(68)37(66)29(17-63)81-52)49(77)60-34(22(7)8)50(78)62-16-14-15-28(62)45(73)54-23(9)42(70)53-24(10)43(71)57-32(20(3)4)47(75)59-33(21(5)6)48(76)58-31/h19-26,28-41,51-52,63-64,66-69H,14-18H2,1-13H3,(H,53,70)(H,54,73)(H,55,74)(H,56,65)(H,57,71)(H,58,76)(H,59,75)(H,60,77)(H,61,72)/t23-,24-,25-,26+,28-,29+,30+,31-,32-,33-,34-,35-,36+,37-,38-,39-,40+,41+,51-,52-/m0/s1. The molecule has 0 aromatic heterocycles. The zero-order valence-corrected chi connectivity index (χ0v) is 48.7. The molecule has 0 radical (unpaired) electrons. The van der Waals surface area contributed by atoms with Gasteiger partial charge in [-0.1, -0.05) is 55.4 Å². The zero-order chi connectivity index (χ0) is 61.9. The van der Waals surface area contributed by atoms with Crippen LogP contribution in [0.25, 0.3) is 0 Å². The van der Waals surface area contributed by atoms with Crippen LogP contribution in [0.3, 0.4) is 0 Å². The van der Waals surface area contributed by atoms with Crippen LogP contribution in [0.1, 0.15) is 103 Å². The largest absolute Gasteiger partial charge is 0.394 e. The number of aliphatic hydroxyl groups excluding tert-OH is 6. The van der Waals surface area contributed by atoms with Gasteiger partial charge in [-0.2, -0.15) is 0 Å². The third-order valence-electron chi connectivity index (χ3n) is 14.8. The number of nitrogens with zero attached hydrogens (tertiary/aromatic N) is 1. The molecule has 15 N–H and O–H groups in total. The van der Waals surface area contributed by atoms with Crippen LogP contribution < -0.4 is 47.9 Å². The Morgan fingerprint density at radius 2 is 0.927 bits per heavy atom. The molecule has 4 heterocycles. The number of carbonyl (C=O) groups excluding carboxylic acids is 10. The Kier molecular flexibility index (Phi) is 25.3. The fraction of sp³-hybridized carbons (Fsp3) is 0.808. The molecular formula is C52H88N10O20. The smallest absolute Gasteiger partial charge is 0.246 e. The molecule has 10 amide bonds. The molecule has 0 saturated carbocycles. The van der Waals surface area contributed by atoms with Crippen LogP contribution in [-0.2, 0) is 66.9 Å². The minimum Gasteiger partial charge on any atom is -0.394 e. The summed E-state index contributed by atoms with van der Waals surface area (Å²) in [5.74, 6) is -10.8. The van der Waals surface area contributed by atoms with E-state index in [4.69, 9.17) is 18.9 Å². The molecular weight excluding hydrogens is 1080 g/mol. The zero-order valence-electron chi connectivity index (χ0n) is 48.7. The van der Waals surface area contributed by atoms with Crippen LogP contribution in [0.2, 0.25) is 0 Å². The summed E-state index contributed by atoms with van der Waals surface area (Å²) in [4.78, 5) is 141. The predicted molar refractivity (Wildman–Crippen MR) is 285 cm³/mol. The Labute approximate surface area is 476 Å². The summed E-state index contributed by atoms with van der Waals surface area (Å²) in [7, 11) is 0. The highest BCUT2D eigenvalue weighted by atomic mass is 16.7. The van der Waals surface area contributed by atoms with Crippen LogP contribution in [0, 0.1) is 23.7 Å². The Morgan fingerprint density at radius 1 is 0.537 bits per heavy atom. The highest BCUT2D eigenvalue weighted by molar-refractivity contribution is 5.99. The van der Waals surface area contributed by atoms with E-state index in [2.05, 4.69) is 47.9 Å². The van der Waals surface area contributed by atoms with Gasteiger partial charge in [-0.05, 0) is 64.2 Å². The van der Waals surface area contributed by atoms with Gasteiger partial charge < -0.3 is 102 Å². The maximum Gasteiger partial charge on any atom is 0.246 e. The van der Waals surface area contributed by atoms with Gasteiger partial charge in [0.15, 0.2) is 12.6 Å².